The highest BCUT2D eigenvalue weighted by Gasteiger charge is 2.32. The summed E-state index contributed by atoms with van der Waals surface area (Å²) in [4.78, 5) is 11.7. The lowest BCUT2D eigenvalue weighted by atomic mass is 10.0. The molecule has 2 aromatic carbocycles. The molecule has 3 N–H and O–H groups in total. The molecule has 0 aliphatic carbocycles. The van der Waals surface area contributed by atoms with E-state index in [0.717, 1.165) is 16.5 Å². The van der Waals surface area contributed by atoms with E-state index in [1.54, 1.807) is 6.92 Å². The molecule has 1 unspecified atom stereocenters. The molecular weight excluding hydrogens is 264 g/mol. The fourth-order valence-corrected chi connectivity index (χ4v) is 2.36. The van der Waals surface area contributed by atoms with E-state index in [0.29, 0.717) is 0 Å². The average Bonchev–Trinajstić information content (AvgIpc) is 2.44. The molecule has 4 heteroatoms. The second kappa shape index (κ2) is 6.14. The van der Waals surface area contributed by atoms with Crippen molar-refractivity contribution in [3.05, 3.63) is 42.5 Å². The van der Waals surface area contributed by atoms with Crippen LogP contribution in [-0.2, 0) is 4.79 Å². The van der Waals surface area contributed by atoms with Crippen molar-refractivity contribution >= 4 is 16.7 Å². The second-order valence-corrected chi connectivity index (χ2v) is 5.76. The van der Waals surface area contributed by atoms with Crippen molar-refractivity contribution in [2.75, 3.05) is 6.61 Å². The van der Waals surface area contributed by atoms with Gasteiger partial charge in [0, 0.05) is 11.4 Å². The smallest absolute Gasteiger partial charge is 0.240 e. The quantitative estimate of drug-likeness (QED) is 0.857. The van der Waals surface area contributed by atoms with Crippen LogP contribution in [0.1, 0.15) is 20.8 Å². The van der Waals surface area contributed by atoms with Gasteiger partial charge in [0.25, 0.3) is 0 Å². The van der Waals surface area contributed by atoms with Gasteiger partial charge in [-0.2, -0.15) is 0 Å². The molecule has 1 amide bonds. The Morgan fingerprint density at radius 2 is 1.90 bits per heavy atom. The Labute approximate surface area is 125 Å². The van der Waals surface area contributed by atoms with Gasteiger partial charge < -0.3 is 10.5 Å². The van der Waals surface area contributed by atoms with Crippen molar-refractivity contribution in [1.29, 1.82) is 0 Å². The number of nitrogens with one attached hydrogen (secondary N) is 1. The Balaban J connectivity index is 2.22. The lowest BCUT2D eigenvalue weighted by molar-refractivity contribution is -0.125. The normalized spacial score (nSPS) is 14.1. The van der Waals surface area contributed by atoms with Crippen LogP contribution in [0.2, 0.25) is 0 Å². The number of nitrogens with two attached hydrogens (primary N) is 1. The molecule has 0 aliphatic heterocycles. The second-order valence-electron chi connectivity index (χ2n) is 5.76. The zero-order valence-corrected chi connectivity index (χ0v) is 12.7. The van der Waals surface area contributed by atoms with Crippen molar-refractivity contribution in [1.82, 2.24) is 5.32 Å². The molecule has 0 radical (unpaired) electrons. The van der Waals surface area contributed by atoms with E-state index in [9.17, 15) is 4.79 Å². The molecule has 1 atom stereocenters. The van der Waals surface area contributed by atoms with Gasteiger partial charge in [-0.1, -0.05) is 36.4 Å². The largest absolute Gasteiger partial charge is 0.490 e. The lowest BCUT2D eigenvalue weighted by Crippen LogP contribution is -2.59. The number of carbonyl (C=O) groups excluding carboxylic acids is 1. The van der Waals surface area contributed by atoms with E-state index in [1.807, 2.05) is 56.3 Å². The van der Waals surface area contributed by atoms with Crippen LogP contribution in [0.15, 0.2) is 42.5 Å². The van der Waals surface area contributed by atoms with Crippen LogP contribution in [-0.4, -0.2) is 24.1 Å². The molecule has 0 saturated heterocycles. The number of carbonyl (C=O) groups is 1. The Morgan fingerprint density at radius 1 is 1.24 bits per heavy atom. The number of fused-ring (bicyclic) bond motifs is 1. The average molecular weight is 286 g/mol. The number of ether oxygens (including phenoxy) is 1. The van der Waals surface area contributed by atoms with Crippen molar-refractivity contribution < 1.29 is 9.53 Å². The predicted molar refractivity (Wildman–Crippen MR) is 85.3 cm³/mol. The minimum absolute atomic E-state index is 0.138. The summed E-state index contributed by atoms with van der Waals surface area (Å²) < 4.78 is 5.88. The summed E-state index contributed by atoms with van der Waals surface area (Å²) in [7, 11) is 0. The molecule has 0 saturated carbocycles. The molecule has 0 spiro atoms. The van der Waals surface area contributed by atoms with Crippen molar-refractivity contribution in [3.63, 3.8) is 0 Å². The maximum atomic E-state index is 11.7. The highest BCUT2D eigenvalue weighted by molar-refractivity contribution is 5.88. The SMILES string of the molecule is CC(C)NC(C)(COc1cccc2ccccc12)C(N)=O. The first kappa shape index (κ1) is 15.3. The van der Waals surface area contributed by atoms with Gasteiger partial charge in [0.2, 0.25) is 5.91 Å². The Hall–Kier alpha value is -2.07. The third kappa shape index (κ3) is 3.52. The summed E-state index contributed by atoms with van der Waals surface area (Å²) in [5.74, 6) is 0.336. The van der Waals surface area contributed by atoms with E-state index in [-0.39, 0.29) is 12.6 Å². The zero-order valence-electron chi connectivity index (χ0n) is 12.7. The Bertz CT molecular complexity index is 634. The van der Waals surface area contributed by atoms with Gasteiger partial charge in [0.05, 0.1) is 0 Å². The number of hydrogen-bond donors (Lipinski definition) is 2. The highest BCUT2D eigenvalue weighted by atomic mass is 16.5. The van der Waals surface area contributed by atoms with E-state index < -0.39 is 11.4 Å². The number of primary amides is 1. The minimum atomic E-state index is -0.898. The standard InChI is InChI=1S/C17H22N2O2/c1-12(2)19-17(3,16(18)20)11-21-15-10-6-8-13-7-4-5-9-14(13)15/h4-10,12,19H,11H2,1-3H3,(H2,18,20). The fraction of sp³-hybridized carbons (Fsp3) is 0.353. The van der Waals surface area contributed by atoms with Gasteiger partial charge in [0.1, 0.15) is 17.9 Å². The van der Waals surface area contributed by atoms with Crippen LogP contribution in [0, 0.1) is 0 Å². The van der Waals surface area contributed by atoms with Gasteiger partial charge >= 0.3 is 0 Å². The summed E-state index contributed by atoms with van der Waals surface area (Å²) in [6, 6.07) is 14.0. The van der Waals surface area contributed by atoms with E-state index in [2.05, 4.69) is 5.32 Å². The predicted octanol–water partition coefficient (Wildman–Crippen LogP) is 2.46. The van der Waals surface area contributed by atoms with Crippen LogP contribution in [0.25, 0.3) is 10.8 Å². The van der Waals surface area contributed by atoms with Crippen LogP contribution >= 0.6 is 0 Å². The summed E-state index contributed by atoms with van der Waals surface area (Å²) in [6.45, 7) is 5.90. The molecule has 0 heterocycles. The lowest BCUT2D eigenvalue weighted by Gasteiger charge is -2.29. The van der Waals surface area contributed by atoms with Crippen molar-refractivity contribution in [2.24, 2.45) is 5.73 Å². The van der Waals surface area contributed by atoms with Crippen LogP contribution in [0.5, 0.6) is 5.75 Å². The first-order valence-electron chi connectivity index (χ1n) is 7.10. The molecular formula is C17H22N2O2. The van der Waals surface area contributed by atoms with Gasteiger partial charge in [-0.15, -0.1) is 0 Å². The highest BCUT2D eigenvalue weighted by Crippen LogP contribution is 2.25. The molecule has 2 aromatic rings. The van der Waals surface area contributed by atoms with Crippen LogP contribution < -0.4 is 15.8 Å². The topological polar surface area (TPSA) is 64.3 Å². The van der Waals surface area contributed by atoms with Gasteiger partial charge in [0.15, 0.2) is 0 Å². The summed E-state index contributed by atoms with van der Waals surface area (Å²) in [5, 5.41) is 5.30. The van der Waals surface area contributed by atoms with E-state index in [4.69, 9.17) is 10.5 Å². The van der Waals surface area contributed by atoms with Gasteiger partial charge in [-0.25, -0.2) is 0 Å². The zero-order chi connectivity index (χ0) is 15.5. The maximum absolute atomic E-state index is 11.7. The van der Waals surface area contributed by atoms with Gasteiger partial charge in [-0.05, 0) is 32.2 Å². The van der Waals surface area contributed by atoms with E-state index in [1.165, 1.54) is 0 Å². The number of benzene rings is 2. The molecule has 0 fully saturated rings. The molecule has 0 bridgehead atoms. The minimum Gasteiger partial charge on any atom is -0.490 e. The summed E-state index contributed by atoms with van der Waals surface area (Å²) >= 11 is 0. The Morgan fingerprint density at radius 3 is 2.57 bits per heavy atom. The van der Waals surface area contributed by atoms with E-state index >= 15 is 0 Å². The third-order valence-corrected chi connectivity index (χ3v) is 3.42. The molecule has 21 heavy (non-hydrogen) atoms. The van der Waals surface area contributed by atoms with Gasteiger partial charge in [-0.3, -0.25) is 10.1 Å². The van der Waals surface area contributed by atoms with Crippen LogP contribution in [0.4, 0.5) is 0 Å². The first-order chi connectivity index (χ1) is 9.92. The first-order valence-corrected chi connectivity index (χ1v) is 7.10. The number of amides is 1. The molecule has 0 aromatic heterocycles. The van der Waals surface area contributed by atoms with Crippen molar-refractivity contribution in [2.45, 2.75) is 32.4 Å². The molecule has 4 nitrogen and oxygen atoms in total. The Kier molecular flexibility index (Phi) is 4.48. The third-order valence-electron chi connectivity index (χ3n) is 3.42. The molecule has 0 aliphatic rings. The summed E-state index contributed by atoms with van der Waals surface area (Å²) in [6.07, 6.45) is 0. The monoisotopic (exact) mass is 286 g/mol. The summed E-state index contributed by atoms with van der Waals surface area (Å²) in [5.41, 5.74) is 4.62. The molecule has 112 valence electrons. The number of hydrogen-bond acceptors (Lipinski definition) is 3. The number of rotatable bonds is 6. The molecule has 2 rings (SSSR count). The van der Waals surface area contributed by atoms with Crippen molar-refractivity contribution in [3.8, 4) is 5.75 Å². The maximum Gasteiger partial charge on any atom is 0.240 e. The fourth-order valence-electron chi connectivity index (χ4n) is 2.36. The van der Waals surface area contributed by atoms with Crippen LogP contribution in [0.3, 0.4) is 0 Å².